The molecule has 406 valence electrons. The average molecular weight is 1050 g/mol. The van der Waals surface area contributed by atoms with Gasteiger partial charge in [-0.05, 0) is 54.0 Å². The van der Waals surface area contributed by atoms with Crippen LogP contribution in [-0.2, 0) is 57.9 Å². The van der Waals surface area contributed by atoms with Gasteiger partial charge in [0.05, 0.1) is 55.3 Å². The van der Waals surface area contributed by atoms with Crippen LogP contribution in [0.1, 0.15) is 49.8 Å². The van der Waals surface area contributed by atoms with Crippen molar-refractivity contribution in [3.8, 4) is 5.75 Å². The minimum Gasteiger partial charge on any atom is -0.494 e. The van der Waals surface area contributed by atoms with E-state index in [2.05, 4.69) is 21.3 Å². The van der Waals surface area contributed by atoms with E-state index < -0.39 is 94.5 Å². The molecule has 1 unspecified atom stereocenters. The van der Waals surface area contributed by atoms with Crippen molar-refractivity contribution in [1.82, 2.24) is 46.3 Å². The highest BCUT2D eigenvalue weighted by molar-refractivity contribution is 8.19. The number of amides is 5. The molecule has 3 aliphatic rings. The van der Waals surface area contributed by atoms with Crippen LogP contribution in [0, 0.1) is 17.8 Å². The lowest BCUT2D eigenvalue weighted by Gasteiger charge is -2.33. The molecular formula is C47H71N9O16S. The summed E-state index contributed by atoms with van der Waals surface area (Å²) in [4.78, 5) is 109. The van der Waals surface area contributed by atoms with Crippen LogP contribution in [0.15, 0.2) is 48.5 Å². The molecule has 2 aromatic carbocycles. The average Bonchev–Trinajstić information content (AvgIpc) is 3.31. The molecule has 73 heavy (non-hydrogen) atoms. The lowest BCUT2D eigenvalue weighted by molar-refractivity contribution is -0.142. The summed E-state index contributed by atoms with van der Waals surface area (Å²) >= 11 is 0. The van der Waals surface area contributed by atoms with Gasteiger partial charge in [-0.2, -0.15) is 0 Å². The number of fused-ring (bicyclic) bond motifs is 11. The SMILES string of the molecule is CC(C)C[C@H]1C(=O)N[C@H](C(=O)NCc2ccc(CNC(=O)C(CS(O)(O)O)NC(=O)CN3CCN(CC(=O)O)CCN(CC(=O)O)CCN(CC(=O)O)CC3)cc2)Cc2ccc(cc2)OCCC[C@@H]1C(=O)NO. The molecule has 3 aliphatic heterocycles. The normalized spacial score (nSPS) is 20.2. The second-order valence-electron chi connectivity index (χ2n) is 18.7. The molecule has 25 nitrogen and oxygen atoms in total. The lowest BCUT2D eigenvalue weighted by Crippen LogP contribution is -2.53. The summed E-state index contributed by atoms with van der Waals surface area (Å²) in [7, 11) is -4.32. The summed E-state index contributed by atoms with van der Waals surface area (Å²) in [5.74, 6) is -8.81. The Bertz CT molecular complexity index is 2130. The molecule has 1 saturated heterocycles. The number of rotatable bonds is 20. The van der Waals surface area contributed by atoms with E-state index >= 15 is 0 Å². The van der Waals surface area contributed by atoms with Gasteiger partial charge in [-0.15, -0.1) is 0 Å². The van der Waals surface area contributed by atoms with Crippen LogP contribution in [-0.4, -0.2) is 204 Å². The predicted molar refractivity (Wildman–Crippen MR) is 264 cm³/mol. The number of aliphatic carboxylic acids is 3. The summed E-state index contributed by atoms with van der Waals surface area (Å²) in [5, 5.41) is 48.8. The topological polar surface area (TPSA) is 361 Å². The number of carbonyl (C=O) groups excluding carboxylic acids is 5. The molecular weight excluding hydrogens is 979 g/mol. The van der Waals surface area contributed by atoms with E-state index in [4.69, 9.17) is 4.74 Å². The van der Waals surface area contributed by atoms with Crippen molar-refractivity contribution >= 4 is 58.3 Å². The first-order valence-corrected chi connectivity index (χ1v) is 25.7. The van der Waals surface area contributed by atoms with Gasteiger partial charge in [-0.25, -0.2) is 5.48 Å². The van der Waals surface area contributed by atoms with E-state index in [1.165, 1.54) is 0 Å². The molecule has 0 aliphatic carbocycles. The van der Waals surface area contributed by atoms with Crippen molar-refractivity contribution in [3.05, 3.63) is 65.2 Å². The third-order valence-electron chi connectivity index (χ3n) is 12.3. The Morgan fingerprint density at radius 2 is 1.18 bits per heavy atom. The first-order chi connectivity index (χ1) is 34.6. The second kappa shape index (κ2) is 29.7. The Hall–Kier alpha value is -5.97. The smallest absolute Gasteiger partial charge is 0.317 e. The van der Waals surface area contributed by atoms with Crippen LogP contribution in [0.2, 0.25) is 0 Å². The summed E-state index contributed by atoms with van der Waals surface area (Å²) in [6.45, 7) is 3.60. The molecule has 0 saturated carbocycles. The van der Waals surface area contributed by atoms with E-state index in [0.717, 1.165) is 5.56 Å². The van der Waals surface area contributed by atoms with Crippen molar-refractivity contribution in [2.24, 2.45) is 17.8 Å². The lowest BCUT2D eigenvalue weighted by atomic mass is 9.81. The van der Waals surface area contributed by atoms with E-state index in [1.807, 2.05) is 13.8 Å². The van der Waals surface area contributed by atoms with E-state index in [9.17, 15) is 72.5 Å². The number of nitrogens with zero attached hydrogens (tertiary/aromatic N) is 4. The maximum atomic E-state index is 13.9. The van der Waals surface area contributed by atoms with Gasteiger partial charge in [0.1, 0.15) is 17.8 Å². The Morgan fingerprint density at radius 3 is 1.63 bits per heavy atom. The quantitative estimate of drug-likeness (QED) is 0.0603. The maximum Gasteiger partial charge on any atom is 0.317 e. The fourth-order valence-corrected chi connectivity index (χ4v) is 9.21. The number of ether oxygens (including phenoxy) is 1. The largest absolute Gasteiger partial charge is 0.494 e. The van der Waals surface area contributed by atoms with Gasteiger partial charge in [0.15, 0.2) is 0 Å². The molecule has 1 fully saturated rings. The molecule has 2 bridgehead atoms. The van der Waals surface area contributed by atoms with Crippen LogP contribution in [0.25, 0.3) is 0 Å². The minimum atomic E-state index is -4.32. The molecule has 0 aromatic heterocycles. The van der Waals surface area contributed by atoms with E-state index in [1.54, 1.807) is 73.6 Å². The van der Waals surface area contributed by atoms with Gasteiger partial charge in [-0.1, -0.05) is 50.2 Å². The number of hydroxylamine groups is 1. The zero-order valence-corrected chi connectivity index (χ0v) is 42.0. The molecule has 3 heterocycles. The van der Waals surface area contributed by atoms with Gasteiger partial charge >= 0.3 is 17.9 Å². The van der Waals surface area contributed by atoms with Crippen molar-refractivity contribution < 1.29 is 77.3 Å². The summed E-state index contributed by atoms with van der Waals surface area (Å²) < 4.78 is 35.7. The van der Waals surface area contributed by atoms with Crippen LogP contribution in [0.4, 0.5) is 0 Å². The minimum absolute atomic E-state index is 0.00404. The van der Waals surface area contributed by atoms with Crippen LogP contribution in [0.3, 0.4) is 0 Å². The second-order valence-corrected chi connectivity index (χ2v) is 20.3. The molecule has 4 atom stereocenters. The Labute approximate surface area is 425 Å². The molecule has 26 heteroatoms. The first-order valence-electron chi connectivity index (χ1n) is 24.0. The molecule has 0 spiro atoms. The summed E-state index contributed by atoms with van der Waals surface area (Å²) in [6, 6.07) is 11.1. The highest BCUT2D eigenvalue weighted by Crippen LogP contribution is 2.33. The highest BCUT2D eigenvalue weighted by Gasteiger charge is 2.36. The molecule has 5 amide bonds. The summed E-state index contributed by atoms with van der Waals surface area (Å²) in [5.41, 5.74) is 3.64. The Kier molecular flexibility index (Phi) is 24.2. The summed E-state index contributed by atoms with van der Waals surface area (Å²) in [6.07, 6.45) is 1.11. The molecule has 12 N–H and O–H groups in total. The van der Waals surface area contributed by atoms with Crippen LogP contribution < -0.4 is 31.5 Å². The Morgan fingerprint density at radius 1 is 0.699 bits per heavy atom. The Balaban J connectivity index is 1.40. The van der Waals surface area contributed by atoms with Gasteiger partial charge in [0.25, 0.3) is 0 Å². The molecule has 0 radical (unpaired) electrons. The number of hydrogen-bond acceptors (Lipinski definition) is 17. The molecule has 2 aromatic rings. The highest BCUT2D eigenvalue weighted by atomic mass is 32.3. The van der Waals surface area contributed by atoms with Crippen molar-refractivity contribution in [3.63, 3.8) is 0 Å². The van der Waals surface area contributed by atoms with Crippen molar-refractivity contribution in [1.29, 1.82) is 0 Å². The standard InChI is InChI=1S/C47H71N9O16S/c1-31(2)22-37-36(45(65)52-68)4-3-21-72-35-11-9-32(10-12-35)23-38(51-44(37)64)46(66)48-24-33-5-7-34(8-6-33)25-49-47(67)39(30-73(69,70)71)50-40(57)26-53-13-15-54(27-41(58)59)17-19-56(29-43(62)63)20-18-55(16-14-53)28-42(60)61/h5-12,31,36-39,68-71H,3-4,13-30H2,1-2H3,(H,48,66)(H,49,67)(H,50,57)(H,51,64)(H,52,65)(H,58,59)(H,60,61)(H,62,63)/t36-,37+,38-,39?/m0/s1. The zero-order chi connectivity index (χ0) is 53.7. The fraction of sp³-hybridized carbons (Fsp3) is 0.574. The third kappa shape index (κ3) is 22.4. The first kappa shape index (κ1) is 59.6. The van der Waals surface area contributed by atoms with Crippen molar-refractivity contribution in [2.45, 2.75) is 64.7 Å². The third-order valence-corrected chi connectivity index (χ3v) is 13.1. The van der Waals surface area contributed by atoms with Gasteiger partial charge in [0, 0.05) is 77.8 Å². The van der Waals surface area contributed by atoms with Crippen molar-refractivity contribution in [2.75, 3.05) is 90.9 Å². The predicted octanol–water partition coefficient (Wildman–Crippen LogP) is -0.213. The number of hydrogen-bond donors (Lipinski definition) is 12. The number of nitrogens with one attached hydrogen (secondary N) is 5. The fourth-order valence-electron chi connectivity index (χ4n) is 8.53. The number of carboxylic acids is 3. The monoisotopic (exact) mass is 1050 g/mol. The van der Waals surface area contributed by atoms with Gasteiger partial charge in [0.2, 0.25) is 29.5 Å². The maximum absolute atomic E-state index is 13.9. The number of carbonyl (C=O) groups is 8. The van der Waals surface area contributed by atoms with Gasteiger partial charge < -0.3 is 55.0 Å². The van der Waals surface area contributed by atoms with Gasteiger partial charge in [-0.3, -0.25) is 63.2 Å². The number of carboxylic acid groups (broad SMARTS) is 3. The van der Waals surface area contributed by atoms with E-state index in [-0.39, 0.29) is 110 Å². The van der Waals surface area contributed by atoms with Crippen LogP contribution in [0.5, 0.6) is 5.75 Å². The zero-order valence-electron chi connectivity index (χ0n) is 41.1. The number of benzene rings is 2. The molecule has 5 rings (SSSR count). The van der Waals surface area contributed by atoms with E-state index in [0.29, 0.717) is 29.7 Å². The van der Waals surface area contributed by atoms with Crippen LogP contribution >= 0.6 is 10.9 Å².